The predicted octanol–water partition coefficient (Wildman–Crippen LogP) is 4.68. The molecule has 116 valence electrons. The monoisotopic (exact) mass is 328 g/mol. The standard InChI is InChI=1S/C17H13ClN2O3/c1-11-19-15(10-22-11)17(21)20-14-9-12(18)7-8-16(14)23-13-5-3-2-4-6-13/h2-10H,1H3,(H,20,21). The number of amides is 1. The lowest BCUT2D eigenvalue weighted by molar-refractivity contribution is 0.102. The van der Waals surface area contributed by atoms with E-state index in [0.717, 1.165) is 0 Å². The van der Waals surface area contributed by atoms with Crippen molar-refractivity contribution in [2.75, 3.05) is 5.32 Å². The van der Waals surface area contributed by atoms with Crippen LogP contribution in [0.5, 0.6) is 11.5 Å². The SMILES string of the molecule is Cc1nc(C(=O)Nc2cc(Cl)ccc2Oc2ccccc2)co1. The van der Waals surface area contributed by atoms with E-state index in [2.05, 4.69) is 10.3 Å². The van der Waals surface area contributed by atoms with Gasteiger partial charge in [0.2, 0.25) is 0 Å². The zero-order valence-electron chi connectivity index (χ0n) is 12.2. The molecule has 0 saturated heterocycles. The normalized spacial score (nSPS) is 10.3. The average Bonchev–Trinajstić information content (AvgIpc) is 2.98. The summed E-state index contributed by atoms with van der Waals surface area (Å²) in [5.41, 5.74) is 0.639. The minimum absolute atomic E-state index is 0.188. The van der Waals surface area contributed by atoms with Crippen molar-refractivity contribution in [2.45, 2.75) is 6.92 Å². The first kappa shape index (κ1) is 15.1. The molecule has 3 rings (SSSR count). The van der Waals surface area contributed by atoms with Crippen molar-refractivity contribution < 1.29 is 13.9 Å². The minimum Gasteiger partial charge on any atom is -0.455 e. The van der Waals surface area contributed by atoms with Crippen LogP contribution in [-0.2, 0) is 0 Å². The molecule has 6 heteroatoms. The number of carbonyl (C=O) groups is 1. The van der Waals surface area contributed by atoms with Gasteiger partial charge in [0.05, 0.1) is 5.69 Å². The van der Waals surface area contributed by atoms with Gasteiger partial charge >= 0.3 is 0 Å². The number of anilines is 1. The zero-order chi connectivity index (χ0) is 16.2. The Morgan fingerprint density at radius 3 is 2.70 bits per heavy atom. The summed E-state index contributed by atoms with van der Waals surface area (Å²) in [6, 6.07) is 14.3. The van der Waals surface area contributed by atoms with Crippen LogP contribution >= 0.6 is 11.6 Å². The number of rotatable bonds is 4. The Bertz CT molecular complexity index is 831. The Morgan fingerprint density at radius 1 is 1.22 bits per heavy atom. The van der Waals surface area contributed by atoms with Crippen LogP contribution in [-0.4, -0.2) is 10.9 Å². The zero-order valence-corrected chi connectivity index (χ0v) is 13.0. The number of halogens is 1. The fourth-order valence-electron chi connectivity index (χ4n) is 1.96. The number of aromatic nitrogens is 1. The molecule has 23 heavy (non-hydrogen) atoms. The molecular formula is C17H13ClN2O3. The van der Waals surface area contributed by atoms with Crippen LogP contribution in [0.15, 0.2) is 59.2 Å². The van der Waals surface area contributed by atoms with Crippen molar-refractivity contribution in [3.63, 3.8) is 0 Å². The largest absolute Gasteiger partial charge is 0.455 e. The van der Waals surface area contributed by atoms with Gasteiger partial charge in [-0.25, -0.2) is 4.98 Å². The van der Waals surface area contributed by atoms with Gasteiger partial charge in [0.25, 0.3) is 5.91 Å². The Morgan fingerprint density at radius 2 is 2.00 bits per heavy atom. The maximum atomic E-state index is 12.2. The number of hydrogen-bond acceptors (Lipinski definition) is 4. The first-order chi connectivity index (χ1) is 11.1. The van der Waals surface area contributed by atoms with Crippen molar-refractivity contribution in [3.8, 4) is 11.5 Å². The summed E-state index contributed by atoms with van der Waals surface area (Å²) in [6.07, 6.45) is 1.30. The van der Waals surface area contributed by atoms with Gasteiger partial charge in [-0.1, -0.05) is 29.8 Å². The molecule has 1 amide bonds. The Hall–Kier alpha value is -2.79. The quantitative estimate of drug-likeness (QED) is 0.755. The molecule has 0 aliphatic rings. The van der Waals surface area contributed by atoms with Crippen molar-refractivity contribution >= 4 is 23.2 Å². The van der Waals surface area contributed by atoms with Crippen molar-refractivity contribution in [1.29, 1.82) is 0 Å². The van der Waals surface area contributed by atoms with E-state index in [0.29, 0.717) is 28.1 Å². The summed E-state index contributed by atoms with van der Waals surface area (Å²) < 4.78 is 10.8. The third-order valence-electron chi connectivity index (χ3n) is 3.01. The Balaban J connectivity index is 1.86. The number of ether oxygens (including phenoxy) is 1. The Kier molecular flexibility index (Phi) is 4.30. The van der Waals surface area contributed by atoms with Gasteiger partial charge in [-0.3, -0.25) is 4.79 Å². The lowest BCUT2D eigenvalue weighted by Gasteiger charge is -2.12. The highest BCUT2D eigenvalue weighted by Crippen LogP contribution is 2.32. The van der Waals surface area contributed by atoms with E-state index in [1.54, 1.807) is 25.1 Å². The second-order valence-corrected chi connectivity index (χ2v) is 5.20. The number of nitrogens with zero attached hydrogens (tertiary/aromatic N) is 1. The van der Waals surface area contributed by atoms with E-state index in [4.69, 9.17) is 20.8 Å². The number of para-hydroxylation sites is 1. The van der Waals surface area contributed by atoms with Gasteiger partial charge in [-0.05, 0) is 30.3 Å². The van der Waals surface area contributed by atoms with Gasteiger partial charge < -0.3 is 14.5 Å². The Labute approximate surface area is 137 Å². The van der Waals surface area contributed by atoms with E-state index in [1.807, 2.05) is 30.3 Å². The fraction of sp³-hybridized carbons (Fsp3) is 0.0588. The second-order valence-electron chi connectivity index (χ2n) is 4.76. The van der Waals surface area contributed by atoms with Crippen molar-refractivity contribution in [3.05, 3.63) is 71.4 Å². The van der Waals surface area contributed by atoms with E-state index in [9.17, 15) is 4.79 Å². The first-order valence-electron chi connectivity index (χ1n) is 6.88. The number of aryl methyl sites for hydroxylation is 1. The highest BCUT2D eigenvalue weighted by Gasteiger charge is 2.14. The third-order valence-corrected chi connectivity index (χ3v) is 3.25. The van der Waals surface area contributed by atoms with Crippen LogP contribution in [0.2, 0.25) is 5.02 Å². The average molecular weight is 329 g/mol. The van der Waals surface area contributed by atoms with Gasteiger partial charge in [0.1, 0.15) is 12.0 Å². The summed E-state index contributed by atoms with van der Waals surface area (Å²) in [4.78, 5) is 16.2. The van der Waals surface area contributed by atoms with Gasteiger partial charge in [-0.15, -0.1) is 0 Å². The maximum Gasteiger partial charge on any atom is 0.277 e. The number of carbonyl (C=O) groups excluding carboxylic acids is 1. The highest BCUT2D eigenvalue weighted by atomic mass is 35.5. The number of benzene rings is 2. The molecular weight excluding hydrogens is 316 g/mol. The predicted molar refractivity (Wildman–Crippen MR) is 87.2 cm³/mol. The summed E-state index contributed by atoms with van der Waals surface area (Å²) >= 11 is 6.01. The lowest BCUT2D eigenvalue weighted by Crippen LogP contribution is -2.13. The molecule has 0 fully saturated rings. The smallest absolute Gasteiger partial charge is 0.277 e. The molecule has 1 aromatic heterocycles. The molecule has 0 aliphatic heterocycles. The topological polar surface area (TPSA) is 64.4 Å². The second kappa shape index (κ2) is 6.54. The lowest BCUT2D eigenvalue weighted by atomic mass is 10.2. The van der Waals surface area contributed by atoms with E-state index in [-0.39, 0.29) is 5.69 Å². The van der Waals surface area contributed by atoms with Crippen molar-refractivity contribution in [1.82, 2.24) is 4.98 Å². The summed E-state index contributed by atoms with van der Waals surface area (Å²) in [7, 11) is 0. The molecule has 2 aromatic carbocycles. The van der Waals surface area contributed by atoms with E-state index >= 15 is 0 Å². The molecule has 0 aliphatic carbocycles. The number of hydrogen-bond donors (Lipinski definition) is 1. The molecule has 0 radical (unpaired) electrons. The molecule has 1 N–H and O–H groups in total. The van der Waals surface area contributed by atoms with Crippen molar-refractivity contribution in [2.24, 2.45) is 0 Å². The number of oxazole rings is 1. The number of nitrogens with one attached hydrogen (secondary N) is 1. The first-order valence-corrected chi connectivity index (χ1v) is 7.25. The third kappa shape index (κ3) is 3.70. The van der Waals surface area contributed by atoms with Crippen LogP contribution in [0.1, 0.15) is 16.4 Å². The van der Waals surface area contributed by atoms with E-state index < -0.39 is 5.91 Å². The van der Waals surface area contributed by atoms with Crippen LogP contribution in [0.4, 0.5) is 5.69 Å². The molecule has 0 atom stereocenters. The maximum absolute atomic E-state index is 12.2. The molecule has 0 spiro atoms. The molecule has 0 saturated carbocycles. The molecule has 5 nitrogen and oxygen atoms in total. The highest BCUT2D eigenvalue weighted by molar-refractivity contribution is 6.31. The molecule has 3 aromatic rings. The van der Waals surface area contributed by atoms with E-state index in [1.165, 1.54) is 6.26 Å². The molecule has 0 bridgehead atoms. The molecule has 1 heterocycles. The fourth-order valence-corrected chi connectivity index (χ4v) is 2.13. The minimum atomic E-state index is -0.401. The van der Waals surface area contributed by atoms with Gasteiger partial charge in [0.15, 0.2) is 17.3 Å². The van der Waals surface area contributed by atoms with Crippen LogP contribution in [0.25, 0.3) is 0 Å². The molecule has 0 unspecified atom stereocenters. The van der Waals surface area contributed by atoms with Gasteiger partial charge in [0, 0.05) is 11.9 Å². The van der Waals surface area contributed by atoms with Crippen LogP contribution in [0.3, 0.4) is 0 Å². The van der Waals surface area contributed by atoms with Crippen LogP contribution in [0, 0.1) is 6.92 Å². The van der Waals surface area contributed by atoms with Crippen LogP contribution < -0.4 is 10.1 Å². The summed E-state index contributed by atoms with van der Waals surface area (Å²) in [6.45, 7) is 1.67. The van der Waals surface area contributed by atoms with Gasteiger partial charge in [-0.2, -0.15) is 0 Å². The summed E-state index contributed by atoms with van der Waals surface area (Å²) in [5, 5.41) is 3.21. The summed E-state index contributed by atoms with van der Waals surface area (Å²) in [5.74, 6) is 1.15.